The first-order valence-electron chi connectivity index (χ1n) is 8.73. The normalized spacial score (nSPS) is 15.9. The van der Waals surface area contributed by atoms with Crippen molar-refractivity contribution in [1.82, 2.24) is 15.1 Å². The molecule has 0 unspecified atom stereocenters. The zero-order chi connectivity index (χ0) is 19.8. The fourth-order valence-corrected chi connectivity index (χ4v) is 3.48. The van der Waals surface area contributed by atoms with Crippen molar-refractivity contribution in [3.05, 3.63) is 82.7 Å². The average Bonchev–Trinajstić information content (AvgIpc) is 3.09. The van der Waals surface area contributed by atoms with Crippen molar-refractivity contribution in [2.75, 3.05) is 0 Å². The highest BCUT2D eigenvalue weighted by Gasteiger charge is 2.28. The van der Waals surface area contributed by atoms with Crippen LogP contribution in [0.5, 0.6) is 0 Å². The average molecular weight is 389 g/mol. The number of hydrogen-bond acceptors (Lipinski definition) is 2. The Morgan fingerprint density at radius 3 is 2.71 bits per heavy atom. The molecule has 4 rings (SSSR count). The minimum Gasteiger partial charge on any atom is -0.345 e. The van der Waals surface area contributed by atoms with E-state index in [1.807, 2.05) is 0 Å². The van der Waals surface area contributed by atoms with Crippen LogP contribution in [-0.2, 0) is 6.42 Å². The molecule has 144 valence electrons. The van der Waals surface area contributed by atoms with Gasteiger partial charge in [-0.3, -0.25) is 4.79 Å². The van der Waals surface area contributed by atoms with Crippen LogP contribution < -0.4 is 5.32 Å². The quantitative estimate of drug-likeness (QED) is 0.682. The van der Waals surface area contributed by atoms with Gasteiger partial charge in [-0.1, -0.05) is 6.07 Å². The Bertz CT molecular complexity index is 1060. The summed E-state index contributed by atoms with van der Waals surface area (Å²) in [4.78, 5) is 12.4. The Balaban J connectivity index is 1.64. The van der Waals surface area contributed by atoms with Gasteiger partial charge in [0.15, 0.2) is 17.5 Å². The van der Waals surface area contributed by atoms with Gasteiger partial charge in [0.25, 0.3) is 5.91 Å². The van der Waals surface area contributed by atoms with Crippen LogP contribution in [0.15, 0.2) is 42.6 Å². The number of hydrogen-bond donors (Lipinski definition) is 1. The van der Waals surface area contributed by atoms with Gasteiger partial charge in [-0.05, 0) is 43.5 Å². The standard InChI is InChI=1S/C20H15F4N3O/c21-11-7-8-18(15(23)9-11)27-17-6-2-5-16(13(17)10-25-27)26-20(28)12-3-1-4-14(22)19(12)24/h1,3-4,7-10,16H,2,5-6H2,(H,26,28)/t16-/m0/s1. The van der Waals surface area contributed by atoms with Crippen LogP contribution >= 0.6 is 0 Å². The molecular formula is C20H15F4N3O. The lowest BCUT2D eigenvalue weighted by atomic mass is 9.92. The van der Waals surface area contributed by atoms with E-state index in [1.165, 1.54) is 29.1 Å². The molecule has 8 heteroatoms. The van der Waals surface area contributed by atoms with Gasteiger partial charge in [0, 0.05) is 17.3 Å². The fraction of sp³-hybridized carbons (Fsp3) is 0.200. The summed E-state index contributed by atoms with van der Waals surface area (Å²) < 4.78 is 56.0. The van der Waals surface area contributed by atoms with E-state index in [2.05, 4.69) is 10.4 Å². The minimum absolute atomic E-state index is 0.103. The van der Waals surface area contributed by atoms with Crippen molar-refractivity contribution < 1.29 is 22.4 Å². The number of nitrogens with one attached hydrogen (secondary N) is 1. The van der Waals surface area contributed by atoms with Crippen LogP contribution in [0.25, 0.3) is 5.69 Å². The molecule has 0 saturated carbocycles. The molecule has 0 fully saturated rings. The van der Waals surface area contributed by atoms with Crippen LogP contribution in [0.2, 0.25) is 0 Å². The Hall–Kier alpha value is -3.16. The number of nitrogens with zero attached hydrogens (tertiary/aromatic N) is 2. The van der Waals surface area contributed by atoms with E-state index < -0.39 is 35.2 Å². The van der Waals surface area contributed by atoms with Crippen LogP contribution in [0.4, 0.5) is 17.6 Å². The highest BCUT2D eigenvalue weighted by molar-refractivity contribution is 5.94. The molecule has 1 heterocycles. The van der Waals surface area contributed by atoms with Crippen molar-refractivity contribution in [2.45, 2.75) is 25.3 Å². The molecule has 1 N–H and O–H groups in total. The number of fused-ring (bicyclic) bond motifs is 1. The summed E-state index contributed by atoms with van der Waals surface area (Å²) in [7, 11) is 0. The molecule has 1 amide bonds. The van der Waals surface area contributed by atoms with Crippen molar-refractivity contribution in [2.24, 2.45) is 0 Å². The first-order valence-corrected chi connectivity index (χ1v) is 8.73. The molecule has 4 nitrogen and oxygen atoms in total. The zero-order valence-corrected chi connectivity index (χ0v) is 14.6. The second kappa shape index (κ2) is 7.10. The Morgan fingerprint density at radius 2 is 1.93 bits per heavy atom. The highest BCUT2D eigenvalue weighted by atomic mass is 19.2. The molecule has 0 radical (unpaired) electrons. The number of amides is 1. The molecule has 1 atom stereocenters. The third-order valence-corrected chi connectivity index (χ3v) is 4.82. The lowest BCUT2D eigenvalue weighted by Gasteiger charge is -2.24. The summed E-state index contributed by atoms with van der Waals surface area (Å²) in [6, 6.07) is 6.13. The fourth-order valence-electron chi connectivity index (χ4n) is 3.48. The second-order valence-corrected chi connectivity index (χ2v) is 6.57. The largest absolute Gasteiger partial charge is 0.345 e. The van der Waals surface area contributed by atoms with E-state index in [-0.39, 0.29) is 11.3 Å². The van der Waals surface area contributed by atoms with Crippen LogP contribution in [0.3, 0.4) is 0 Å². The Morgan fingerprint density at radius 1 is 1.11 bits per heavy atom. The third-order valence-electron chi connectivity index (χ3n) is 4.82. The number of halogens is 4. The van der Waals surface area contributed by atoms with Crippen molar-refractivity contribution in [1.29, 1.82) is 0 Å². The second-order valence-electron chi connectivity index (χ2n) is 6.57. The van der Waals surface area contributed by atoms with Gasteiger partial charge >= 0.3 is 0 Å². The molecule has 1 aromatic heterocycles. The number of carbonyl (C=O) groups is 1. The number of rotatable bonds is 3. The molecule has 1 aliphatic rings. The van der Waals surface area contributed by atoms with E-state index in [0.717, 1.165) is 18.2 Å². The molecule has 1 aliphatic carbocycles. The Kier molecular flexibility index (Phi) is 4.62. The summed E-state index contributed by atoms with van der Waals surface area (Å²) in [6.45, 7) is 0. The topological polar surface area (TPSA) is 46.9 Å². The predicted molar refractivity (Wildman–Crippen MR) is 93.0 cm³/mol. The maximum Gasteiger partial charge on any atom is 0.254 e. The van der Waals surface area contributed by atoms with Crippen molar-refractivity contribution in [3.8, 4) is 5.69 Å². The Labute approximate surface area is 157 Å². The molecule has 3 aromatic rings. The maximum absolute atomic E-state index is 14.1. The molecule has 0 spiro atoms. The first-order chi connectivity index (χ1) is 13.5. The molecular weight excluding hydrogens is 374 g/mol. The number of benzene rings is 2. The third kappa shape index (κ3) is 3.15. The van der Waals surface area contributed by atoms with Gasteiger partial charge in [-0.2, -0.15) is 5.10 Å². The summed E-state index contributed by atoms with van der Waals surface area (Å²) in [5, 5.41) is 6.88. The maximum atomic E-state index is 14.1. The monoisotopic (exact) mass is 389 g/mol. The van der Waals surface area contributed by atoms with E-state index in [1.54, 1.807) is 0 Å². The lowest BCUT2D eigenvalue weighted by molar-refractivity contribution is 0.0927. The predicted octanol–water partition coefficient (Wildman–Crippen LogP) is 4.24. The van der Waals surface area contributed by atoms with E-state index in [0.29, 0.717) is 30.5 Å². The first kappa shape index (κ1) is 18.2. The van der Waals surface area contributed by atoms with E-state index >= 15 is 0 Å². The van der Waals surface area contributed by atoms with Gasteiger partial charge in [-0.25, -0.2) is 22.2 Å². The van der Waals surface area contributed by atoms with Crippen molar-refractivity contribution in [3.63, 3.8) is 0 Å². The highest BCUT2D eigenvalue weighted by Crippen LogP contribution is 2.32. The molecule has 0 aliphatic heterocycles. The van der Waals surface area contributed by atoms with E-state index in [9.17, 15) is 22.4 Å². The van der Waals surface area contributed by atoms with Gasteiger partial charge in [0.1, 0.15) is 11.5 Å². The zero-order valence-electron chi connectivity index (χ0n) is 14.6. The number of carbonyl (C=O) groups excluding carboxylic acids is 1. The SMILES string of the molecule is O=C(N[C@H]1CCCc2c1cnn2-c1ccc(F)cc1F)c1cccc(F)c1F. The van der Waals surface area contributed by atoms with Gasteiger partial charge in [0.2, 0.25) is 0 Å². The van der Waals surface area contributed by atoms with Crippen LogP contribution in [-0.4, -0.2) is 15.7 Å². The van der Waals surface area contributed by atoms with Crippen LogP contribution in [0.1, 0.15) is 40.5 Å². The summed E-state index contributed by atoms with van der Waals surface area (Å²) in [5.74, 6) is -4.49. The lowest BCUT2D eigenvalue weighted by Crippen LogP contribution is -2.31. The minimum atomic E-state index is -1.21. The summed E-state index contributed by atoms with van der Waals surface area (Å²) in [6.07, 6.45) is 3.35. The molecule has 2 aromatic carbocycles. The van der Waals surface area contributed by atoms with E-state index in [4.69, 9.17) is 0 Å². The van der Waals surface area contributed by atoms with Gasteiger partial charge in [0.05, 0.1) is 17.8 Å². The summed E-state index contributed by atoms with van der Waals surface area (Å²) in [5.41, 5.74) is 1.07. The smallest absolute Gasteiger partial charge is 0.254 e. The van der Waals surface area contributed by atoms with Crippen molar-refractivity contribution >= 4 is 5.91 Å². The number of aromatic nitrogens is 2. The van der Waals surface area contributed by atoms with Crippen LogP contribution in [0, 0.1) is 23.3 Å². The van der Waals surface area contributed by atoms with Gasteiger partial charge < -0.3 is 5.32 Å². The molecule has 0 bridgehead atoms. The summed E-state index contributed by atoms with van der Waals surface area (Å²) >= 11 is 0. The van der Waals surface area contributed by atoms with Gasteiger partial charge in [-0.15, -0.1) is 0 Å². The molecule has 28 heavy (non-hydrogen) atoms. The molecule has 0 saturated heterocycles.